The first-order chi connectivity index (χ1) is 10.0. The molecule has 0 radical (unpaired) electrons. The van der Waals surface area contributed by atoms with Crippen LogP contribution in [0.15, 0.2) is 46.9 Å². The highest BCUT2D eigenvalue weighted by molar-refractivity contribution is 9.10. The summed E-state index contributed by atoms with van der Waals surface area (Å²) < 4.78 is 6.03. The quantitative estimate of drug-likeness (QED) is 0.659. The van der Waals surface area contributed by atoms with Crippen LogP contribution in [0.2, 0.25) is 0 Å². The van der Waals surface area contributed by atoms with Gasteiger partial charge in [0.2, 0.25) is 0 Å². The van der Waals surface area contributed by atoms with Crippen LogP contribution in [0, 0.1) is 10.1 Å². The van der Waals surface area contributed by atoms with E-state index in [9.17, 15) is 10.1 Å². The van der Waals surface area contributed by atoms with Crippen LogP contribution in [0.3, 0.4) is 0 Å². The van der Waals surface area contributed by atoms with Crippen molar-refractivity contribution >= 4 is 21.6 Å². The monoisotopic (exact) mass is 350 g/mol. The molecule has 2 aromatic rings. The molecule has 1 atom stereocenters. The summed E-state index contributed by atoms with van der Waals surface area (Å²) in [5.74, 6) is 0.751. The maximum absolute atomic E-state index is 10.6. The van der Waals surface area contributed by atoms with E-state index < -0.39 is 4.92 Å². The van der Waals surface area contributed by atoms with E-state index in [4.69, 9.17) is 10.5 Å². The van der Waals surface area contributed by atoms with Crippen LogP contribution in [0.1, 0.15) is 17.2 Å². The first-order valence-electron chi connectivity index (χ1n) is 6.33. The normalized spacial score (nSPS) is 12.0. The summed E-state index contributed by atoms with van der Waals surface area (Å²) in [7, 11) is 1.61. The Kier molecular flexibility index (Phi) is 4.93. The Bertz CT molecular complexity index is 644. The molecule has 0 spiro atoms. The fraction of sp³-hybridized carbons (Fsp3) is 0.200. The predicted molar refractivity (Wildman–Crippen MR) is 84.4 cm³/mol. The third-order valence-electron chi connectivity index (χ3n) is 3.21. The van der Waals surface area contributed by atoms with Crippen LogP contribution in [0.4, 0.5) is 5.69 Å². The summed E-state index contributed by atoms with van der Waals surface area (Å²) in [5.41, 5.74) is 8.20. The lowest BCUT2D eigenvalue weighted by atomic mass is 9.99. The summed E-state index contributed by atoms with van der Waals surface area (Å²) in [5, 5.41) is 10.6. The van der Waals surface area contributed by atoms with Crippen LogP contribution in [0.5, 0.6) is 5.75 Å². The molecule has 0 saturated heterocycles. The van der Waals surface area contributed by atoms with E-state index in [1.165, 1.54) is 12.1 Å². The van der Waals surface area contributed by atoms with E-state index in [0.29, 0.717) is 6.42 Å². The Hall–Kier alpha value is -1.92. The average Bonchev–Trinajstić information content (AvgIpc) is 2.47. The van der Waals surface area contributed by atoms with Crippen molar-refractivity contribution in [1.29, 1.82) is 0 Å². The summed E-state index contributed by atoms with van der Waals surface area (Å²) in [6, 6.07) is 12.0. The van der Waals surface area contributed by atoms with Gasteiger partial charge >= 0.3 is 0 Å². The van der Waals surface area contributed by atoms with E-state index in [1.54, 1.807) is 19.2 Å². The number of hydrogen-bond acceptors (Lipinski definition) is 4. The molecule has 0 fully saturated rings. The van der Waals surface area contributed by atoms with Gasteiger partial charge in [0.1, 0.15) is 5.75 Å². The van der Waals surface area contributed by atoms with Gasteiger partial charge in [0.15, 0.2) is 0 Å². The van der Waals surface area contributed by atoms with Gasteiger partial charge in [-0.25, -0.2) is 0 Å². The Morgan fingerprint density at radius 2 is 1.95 bits per heavy atom. The third-order valence-corrected chi connectivity index (χ3v) is 3.83. The molecule has 0 saturated carbocycles. The van der Waals surface area contributed by atoms with Gasteiger partial charge in [-0.2, -0.15) is 0 Å². The zero-order valence-electron chi connectivity index (χ0n) is 11.5. The van der Waals surface area contributed by atoms with E-state index >= 15 is 0 Å². The third kappa shape index (κ3) is 3.80. The predicted octanol–water partition coefficient (Wildman–Crippen LogP) is 3.61. The van der Waals surface area contributed by atoms with Crippen molar-refractivity contribution in [1.82, 2.24) is 0 Å². The van der Waals surface area contributed by atoms with Crippen molar-refractivity contribution in [2.24, 2.45) is 5.73 Å². The summed E-state index contributed by atoms with van der Waals surface area (Å²) in [6.45, 7) is 0. The topological polar surface area (TPSA) is 78.4 Å². The van der Waals surface area contributed by atoms with Gasteiger partial charge in [0.25, 0.3) is 5.69 Å². The molecule has 21 heavy (non-hydrogen) atoms. The number of methoxy groups -OCH3 is 1. The number of non-ortho nitro benzene ring substituents is 1. The zero-order valence-corrected chi connectivity index (χ0v) is 13.0. The Morgan fingerprint density at radius 1 is 1.29 bits per heavy atom. The second kappa shape index (κ2) is 6.69. The van der Waals surface area contributed by atoms with Crippen molar-refractivity contribution in [3.63, 3.8) is 0 Å². The molecule has 110 valence electrons. The van der Waals surface area contributed by atoms with Crippen molar-refractivity contribution in [3.05, 3.63) is 68.2 Å². The molecule has 2 N–H and O–H groups in total. The molecule has 0 aliphatic rings. The fourth-order valence-corrected chi connectivity index (χ4v) is 2.60. The number of benzene rings is 2. The van der Waals surface area contributed by atoms with E-state index in [1.807, 2.05) is 18.2 Å². The number of nitro benzene ring substituents is 1. The lowest BCUT2D eigenvalue weighted by Crippen LogP contribution is -2.13. The van der Waals surface area contributed by atoms with Crippen LogP contribution in [0.25, 0.3) is 0 Å². The zero-order chi connectivity index (χ0) is 15.4. The highest BCUT2D eigenvalue weighted by Crippen LogP contribution is 2.28. The van der Waals surface area contributed by atoms with Gasteiger partial charge in [0.05, 0.1) is 16.5 Å². The van der Waals surface area contributed by atoms with Crippen molar-refractivity contribution in [2.75, 3.05) is 7.11 Å². The maximum atomic E-state index is 10.6. The highest BCUT2D eigenvalue weighted by atomic mass is 79.9. The second-order valence-electron chi connectivity index (χ2n) is 4.63. The molecule has 1 unspecified atom stereocenters. The maximum Gasteiger partial charge on any atom is 0.269 e. The van der Waals surface area contributed by atoms with Crippen molar-refractivity contribution < 1.29 is 9.66 Å². The summed E-state index contributed by atoms with van der Waals surface area (Å²) in [4.78, 5) is 10.2. The summed E-state index contributed by atoms with van der Waals surface area (Å²) in [6.07, 6.45) is 0.608. The SMILES string of the molecule is COc1ccc(C(N)Cc2ccc([N+](=O)[O-])cc2)cc1Br. The second-order valence-corrected chi connectivity index (χ2v) is 5.48. The number of nitro groups is 1. The molecule has 0 aliphatic carbocycles. The number of ether oxygens (including phenoxy) is 1. The largest absolute Gasteiger partial charge is 0.496 e. The van der Waals surface area contributed by atoms with E-state index in [0.717, 1.165) is 21.3 Å². The van der Waals surface area contributed by atoms with Gasteiger partial charge in [-0.3, -0.25) is 10.1 Å². The van der Waals surface area contributed by atoms with Gasteiger partial charge in [-0.05, 0) is 45.6 Å². The Balaban J connectivity index is 2.12. The smallest absolute Gasteiger partial charge is 0.269 e. The van der Waals surface area contributed by atoms with Crippen LogP contribution < -0.4 is 10.5 Å². The van der Waals surface area contributed by atoms with Crippen molar-refractivity contribution in [2.45, 2.75) is 12.5 Å². The number of hydrogen-bond donors (Lipinski definition) is 1. The summed E-state index contributed by atoms with van der Waals surface area (Å²) >= 11 is 3.43. The van der Waals surface area contributed by atoms with Crippen LogP contribution in [-0.4, -0.2) is 12.0 Å². The minimum atomic E-state index is -0.412. The van der Waals surface area contributed by atoms with Gasteiger partial charge in [0, 0.05) is 18.2 Å². The first kappa shape index (κ1) is 15.5. The van der Waals surface area contributed by atoms with Crippen molar-refractivity contribution in [3.8, 4) is 5.75 Å². The first-order valence-corrected chi connectivity index (χ1v) is 7.13. The number of halogens is 1. The van der Waals surface area contributed by atoms with Crippen LogP contribution in [-0.2, 0) is 6.42 Å². The molecule has 0 bridgehead atoms. The minimum Gasteiger partial charge on any atom is -0.496 e. The molecule has 2 aromatic carbocycles. The molecule has 0 amide bonds. The lowest BCUT2D eigenvalue weighted by molar-refractivity contribution is -0.384. The van der Waals surface area contributed by atoms with Crippen LogP contribution >= 0.6 is 15.9 Å². The molecular weight excluding hydrogens is 336 g/mol. The molecule has 6 heteroatoms. The standard InChI is InChI=1S/C15H15BrN2O3/c1-21-15-7-4-11(9-13(15)16)14(17)8-10-2-5-12(6-3-10)18(19)20/h2-7,9,14H,8,17H2,1H3. The Labute approximate surface area is 131 Å². The van der Waals surface area contributed by atoms with Gasteiger partial charge in [-0.1, -0.05) is 18.2 Å². The highest BCUT2D eigenvalue weighted by Gasteiger charge is 2.11. The number of nitrogens with zero attached hydrogens (tertiary/aromatic N) is 1. The average molecular weight is 351 g/mol. The van der Waals surface area contributed by atoms with Gasteiger partial charge < -0.3 is 10.5 Å². The molecule has 0 aromatic heterocycles. The molecular formula is C15H15BrN2O3. The Morgan fingerprint density at radius 3 is 2.48 bits per heavy atom. The van der Waals surface area contributed by atoms with E-state index in [-0.39, 0.29) is 11.7 Å². The molecule has 2 rings (SSSR count). The molecule has 0 heterocycles. The number of rotatable bonds is 5. The lowest BCUT2D eigenvalue weighted by Gasteiger charge is -2.14. The molecule has 5 nitrogen and oxygen atoms in total. The molecule has 0 aliphatic heterocycles. The minimum absolute atomic E-state index is 0.0829. The fourth-order valence-electron chi connectivity index (χ4n) is 2.04. The number of nitrogens with two attached hydrogens (primary N) is 1. The van der Waals surface area contributed by atoms with Gasteiger partial charge in [-0.15, -0.1) is 0 Å². The van der Waals surface area contributed by atoms with E-state index in [2.05, 4.69) is 15.9 Å².